The van der Waals surface area contributed by atoms with Gasteiger partial charge < -0.3 is 0 Å². The molecule has 2 unspecified atom stereocenters. The van der Waals surface area contributed by atoms with Gasteiger partial charge in [0.05, 0.1) is 0 Å². The number of aryl methyl sites for hydroxylation is 1. The van der Waals surface area contributed by atoms with Gasteiger partial charge in [-0.15, -0.1) is 0 Å². The first-order valence-electron chi connectivity index (χ1n) is 12.2. The molecule has 0 saturated carbocycles. The molecule has 0 bridgehead atoms. The van der Waals surface area contributed by atoms with Crippen LogP contribution in [0.5, 0.6) is 0 Å². The molecule has 164 valence electrons. The Balaban J connectivity index is 1.60. The van der Waals surface area contributed by atoms with E-state index in [-0.39, 0.29) is 11.2 Å². The van der Waals surface area contributed by atoms with Gasteiger partial charge in [-0.3, -0.25) is 0 Å². The molecule has 0 aliphatic heterocycles. The van der Waals surface area contributed by atoms with Crippen molar-refractivity contribution in [3.05, 3.63) is 130 Å². The molecule has 0 heterocycles. The predicted molar refractivity (Wildman–Crippen MR) is 134 cm³/mol. The lowest BCUT2D eigenvalue weighted by Crippen LogP contribution is -2.36. The molecule has 0 fully saturated rings. The van der Waals surface area contributed by atoms with Crippen LogP contribution in [-0.4, -0.2) is 0 Å². The summed E-state index contributed by atoms with van der Waals surface area (Å²) < 4.78 is 14.5. The molecule has 0 nitrogen and oxygen atoms in total. The molecule has 33 heavy (non-hydrogen) atoms. The van der Waals surface area contributed by atoms with Gasteiger partial charge in [0.15, 0.2) is 0 Å². The van der Waals surface area contributed by atoms with Gasteiger partial charge in [0, 0.05) is 5.41 Å². The van der Waals surface area contributed by atoms with Gasteiger partial charge in [-0.25, -0.2) is 4.39 Å². The summed E-state index contributed by atoms with van der Waals surface area (Å²) in [6, 6.07) is 31.7. The molecule has 2 atom stereocenters. The smallest absolute Gasteiger partial charge is 0.123 e. The predicted octanol–water partition coefficient (Wildman–Crippen LogP) is 8.02. The summed E-state index contributed by atoms with van der Waals surface area (Å²) in [5.74, 6) is 0.365. The monoisotopic (exact) mass is 432 g/mol. The van der Waals surface area contributed by atoms with Gasteiger partial charge in [-0.05, 0) is 94.7 Å². The highest BCUT2D eigenvalue weighted by Gasteiger charge is 2.42. The van der Waals surface area contributed by atoms with Crippen LogP contribution in [0, 0.1) is 5.82 Å². The summed E-state index contributed by atoms with van der Waals surface area (Å²) in [6.45, 7) is 2.39. The van der Waals surface area contributed by atoms with E-state index < -0.39 is 0 Å². The molecular weight excluding hydrogens is 403 g/mol. The number of fused-ring (bicyclic) bond motifs is 5. The Morgan fingerprint density at radius 3 is 2.48 bits per heavy atom. The van der Waals surface area contributed by atoms with Crippen LogP contribution in [-0.2, 0) is 24.7 Å². The van der Waals surface area contributed by atoms with Crippen LogP contribution in [0.1, 0.15) is 59.1 Å². The summed E-state index contributed by atoms with van der Waals surface area (Å²) >= 11 is 0. The second-order valence-corrected chi connectivity index (χ2v) is 9.90. The fourth-order valence-electron chi connectivity index (χ4n) is 6.49. The summed E-state index contributed by atoms with van der Waals surface area (Å²) in [5.41, 5.74) is 10.9. The minimum absolute atomic E-state index is 0.146. The van der Waals surface area contributed by atoms with E-state index in [1.807, 2.05) is 6.07 Å². The highest BCUT2D eigenvalue weighted by Crippen LogP contribution is 2.52. The SMILES string of the molecule is CC1CCC(Cc2ccccc2)(c2cccc(F)c2)c2ccc3c(c21)CCc1ccccc1-3. The summed E-state index contributed by atoms with van der Waals surface area (Å²) in [4.78, 5) is 0. The zero-order valence-corrected chi connectivity index (χ0v) is 19.2. The molecule has 0 spiro atoms. The van der Waals surface area contributed by atoms with Crippen molar-refractivity contribution < 1.29 is 4.39 Å². The number of halogens is 1. The minimum Gasteiger partial charge on any atom is -0.207 e. The van der Waals surface area contributed by atoms with Gasteiger partial charge in [-0.2, -0.15) is 0 Å². The zero-order chi connectivity index (χ0) is 22.4. The van der Waals surface area contributed by atoms with Gasteiger partial charge in [-0.1, -0.05) is 85.8 Å². The molecule has 0 N–H and O–H groups in total. The molecule has 1 heteroatoms. The van der Waals surface area contributed by atoms with Crippen molar-refractivity contribution in [2.75, 3.05) is 0 Å². The highest BCUT2D eigenvalue weighted by atomic mass is 19.1. The Morgan fingerprint density at radius 1 is 0.818 bits per heavy atom. The van der Waals surface area contributed by atoms with Crippen molar-refractivity contribution in [3.63, 3.8) is 0 Å². The third kappa shape index (κ3) is 3.33. The van der Waals surface area contributed by atoms with E-state index in [1.54, 1.807) is 12.1 Å². The van der Waals surface area contributed by atoms with Crippen molar-refractivity contribution >= 4 is 0 Å². The van der Waals surface area contributed by atoms with Crippen LogP contribution in [0.4, 0.5) is 4.39 Å². The number of benzene rings is 4. The van der Waals surface area contributed by atoms with E-state index in [1.165, 1.54) is 38.9 Å². The summed E-state index contributed by atoms with van der Waals surface area (Å²) in [6.07, 6.45) is 5.23. The topological polar surface area (TPSA) is 0 Å². The molecule has 0 radical (unpaired) electrons. The fraction of sp³-hybridized carbons (Fsp3) is 0.250. The lowest BCUT2D eigenvalue weighted by atomic mass is 9.59. The molecule has 2 aliphatic carbocycles. The van der Waals surface area contributed by atoms with Crippen molar-refractivity contribution in [2.45, 2.75) is 50.4 Å². The van der Waals surface area contributed by atoms with E-state index >= 15 is 0 Å². The van der Waals surface area contributed by atoms with Gasteiger partial charge in [0.25, 0.3) is 0 Å². The normalized spacial score (nSPS) is 21.1. The van der Waals surface area contributed by atoms with Crippen LogP contribution < -0.4 is 0 Å². The molecule has 6 rings (SSSR count). The van der Waals surface area contributed by atoms with E-state index in [9.17, 15) is 4.39 Å². The second kappa shape index (κ2) is 7.99. The zero-order valence-electron chi connectivity index (χ0n) is 19.2. The lowest BCUT2D eigenvalue weighted by Gasteiger charge is -2.44. The number of hydrogen-bond donors (Lipinski definition) is 0. The first-order valence-corrected chi connectivity index (χ1v) is 12.2. The average molecular weight is 433 g/mol. The Hall–Kier alpha value is -3.19. The van der Waals surface area contributed by atoms with Gasteiger partial charge in [0.2, 0.25) is 0 Å². The maximum atomic E-state index is 14.5. The first kappa shape index (κ1) is 20.4. The second-order valence-electron chi connectivity index (χ2n) is 9.90. The van der Waals surface area contributed by atoms with Crippen LogP contribution in [0.2, 0.25) is 0 Å². The Labute approximate surface area is 196 Å². The third-order valence-corrected chi connectivity index (χ3v) is 8.05. The molecule has 4 aromatic carbocycles. The lowest BCUT2D eigenvalue weighted by molar-refractivity contribution is 0.393. The molecule has 4 aromatic rings. The number of hydrogen-bond acceptors (Lipinski definition) is 0. The Kier molecular flexibility index (Phi) is 4.94. The average Bonchev–Trinajstić information content (AvgIpc) is 2.86. The fourth-order valence-corrected chi connectivity index (χ4v) is 6.49. The van der Waals surface area contributed by atoms with Crippen LogP contribution in [0.3, 0.4) is 0 Å². The van der Waals surface area contributed by atoms with E-state index in [0.717, 1.165) is 37.7 Å². The Bertz CT molecular complexity index is 1320. The number of rotatable bonds is 3. The van der Waals surface area contributed by atoms with Gasteiger partial charge in [0.1, 0.15) is 5.82 Å². The quantitative estimate of drug-likeness (QED) is 0.307. The van der Waals surface area contributed by atoms with Crippen LogP contribution in [0.25, 0.3) is 11.1 Å². The van der Waals surface area contributed by atoms with E-state index in [4.69, 9.17) is 0 Å². The molecule has 2 aliphatic rings. The maximum absolute atomic E-state index is 14.5. The maximum Gasteiger partial charge on any atom is 0.123 e. The van der Waals surface area contributed by atoms with E-state index in [0.29, 0.717) is 5.92 Å². The van der Waals surface area contributed by atoms with Crippen LogP contribution in [0.15, 0.2) is 91.0 Å². The van der Waals surface area contributed by atoms with Crippen molar-refractivity contribution in [1.82, 2.24) is 0 Å². The minimum atomic E-state index is -0.211. The molecule has 0 amide bonds. The largest absolute Gasteiger partial charge is 0.207 e. The van der Waals surface area contributed by atoms with Crippen LogP contribution >= 0.6 is 0 Å². The highest BCUT2D eigenvalue weighted by molar-refractivity contribution is 5.76. The van der Waals surface area contributed by atoms with E-state index in [2.05, 4.69) is 79.7 Å². The molecule has 0 aromatic heterocycles. The molecular formula is C32H29F. The summed E-state index contributed by atoms with van der Waals surface area (Å²) in [5, 5.41) is 0. The third-order valence-electron chi connectivity index (χ3n) is 8.05. The first-order chi connectivity index (χ1) is 16.2. The standard InChI is InChI=1S/C32H29F/c1-22-18-19-32(21-23-8-3-2-4-9-23,25-11-7-12-26(33)20-25)30-17-16-28-27-13-6-5-10-24(27)14-15-29(28)31(22)30/h2-13,16-17,20,22H,14-15,18-19,21H2,1H3. The summed E-state index contributed by atoms with van der Waals surface area (Å²) in [7, 11) is 0. The molecule has 0 saturated heterocycles. The van der Waals surface area contributed by atoms with Gasteiger partial charge >= 0.3 is 0 Å². The van der Waals surface area contributed by atoms with Crippen molar-refractivity contribution in [3.8, 4) is 11.1 Å². The Morgan fingerprint density at radius 2 is 1.64 bits per heavy atom. The van der Waals surface area contributed by atoms with Crippen molar-refractivity contribution in [2.24, 2.45) is 0 Å². The van der Waals surface area contributed by atoms with Crippen molar-refractivity contribution in [1.29, 1.82) is 0 Å².